The van der Waals surface area contributed by atoms with Crippen LogP contribution in [0.4, 0.5) is 5.69 Å². The lowest BCUT2D eigenvalue weighted by Gasteiger charge is -2.27. The van der Waals surface area contributed by atoms with Gasteiger partial charge >= 0.3 is 0 Å². The number of anilines is 1. The number of fused-ring (bicyclic) bond motifs is 1. The molecule has 0 radical (unpaired) electrons. The monoisotopic (exact) mass is 256 g/mol. The maximum Gasteiger partial charge on any atom is 0.117 e. The maximum atomic E-state index is 5.32. The summed E-state index contributed by atoms with van der Waals surface area (Å²) in [5, 5.41) is 3.46. The first-order valence-corrected chi connectivity index (χ1v) is 6.92. The van der Waals surface area contributed by atoms with Gasteiger partial charge in [-0.2, -0.15) is 0 Å². The molecule has 0 saturated heterocycles. The van der Waals surface area contributed by atoms with E-state index >= 15 is 0 Å². The quantitative estimate of drug-likeness (QED) is 0.891. The lowest BCUT2D eigenvalue weighted by Crippen LogP contribution is -2.39. The largest absolute Gasteiger partial charge is 0.468 e. The summed E-state index contributed by atoms with van der Waals surface area (Å²) in [7, 11) is 0. The predicted octanol–water partition coefficient (Wildman–Crippen LogP) is 2.82. The van der Waals surface area contributed by atoms with E-state index < -0.39 is 0 Å². The number of nitrogens with one attached hydrogen (secondary N) is 1. The van der Waals surface area contributed by atoms with Gasteiger partial charge in [0.25, 0.3) is 0 Å². The molecule has 0 fully saturated rings. The van der Waals surface area contributed by atoms with Crippen molar-refractivity contribution in [3.8, 4) is 0 Å². The van der Waals surface area contributed by atoms with Crippen LogP contribution in [0.1, 0.15) is 18.2 Å². The zero-order chi connectivity index (χ0) is 13.1. The molecule has 1 unspecified atom stereocenters. The van der Waals surface area contributed by atoms with Crippen LogP contribution in [0.3, 0.4) is 0 Å². The fourth-order valence-electron chi connectivity index (χ4n) is 2.75. The van der Waals surface area contributed by atoms with Gasteiger partial charge in [-0.15, -0.1) is 0 Å². The van der Waals surface area contributed by atoms with Gasteiger partial charge in [-0.1, -0.05) is 18.2 Å². The summed E-state index contributed by atoms with van der Waals surface area (Å²) >= 11 is 0. The molecule has 0 saturated carbocycles. The van der Waals surface area contributed by atoms with Crippen LogP contribution in [-0.4, -0.2) is 19.1 Å². The topological polar surface area (TPSA) is 28.4 Å². The van der Waals surface area contributed by atoms with Crippen LogP contribution in [0.25, 0.3) is 0 Å². The van der Waals surface area contributed by atoms with Crippen LogP contribution in [0.15, 0.2) is 47.1 Å². The number of nitrogens with zero attached hydrogens (tertiary/aromatic N) is 1. The summed E-state index contributed by atoms with van der Waals surface area (Å²) in [5.41, 5.74) is 2.87. The molecule has 0 aliphatic carbocycles. The van der Waals surface area contributed by atoms with Crippen molar-refractivity contribution in [2.75, 3.05) is 18.0 Å². The average Bonchev–Trinajstić information content (AvgIpc) is 3.07. The molecular weight excluding hydrogens is 236 g/mol. The van der Waals surface area contributed by atoms with E-state index in [0.717, 1.165) is 25.4 Å². The Balaban J connectivity index is 1.55. The van der Waals surface area contributed by atoms with Crippen molar-refractivity contribution in [2.45, 2.75) is 25.9 Å². The molecule has 1 aliphatic heterocycles. The van der Waals surface area contributed by atoms with Crippen LogP contribution in [0.2, 0.25) is 0 Å². The summed E-state index contributed by atoms with van der Waals surface area (Å²) in [5.74, 6) is 0.994. The van der Waals surface area contributed by atoms with Gasteiger partial charge in [-0.25, -0.2) is 0 Å². The molecule has 1 aromatic carbocycles. The highest BCUT2D eigenvalue weighted by Gasteiger charge is 2.22. The van der Waals surface area contributed by atoms with Gasteiger partial charge in [-0.3, -0.25) is 0 Å². The molecule has 0 spiro atoms. The lowest BCUT2D eigenvalue weighted by atomic mass is 10.2. The summed E-state index contributed by atoms with van der Waals surface area (Å²) in [6.45, 7) is 5.17. The minimum absolute atomic E-state index is 0.499. The SMILES string of the molecule is CC(CNCc1ccco1)N1CCc2ccccc21. The van der Waals surface area contributed by atoms with Crippen LogP contribution in [0.5, 0.6) is 0 Å². The minimum atomic E-state index is 0.499. The van der Waals surface area contributed by atoms with E-state index in [4.69, 9.17) is 4.42 Å². The second-order valence-electron chi connectivity index (χ2n) is 5.13. The van der Waals surface area contributed by atoms with Gasteiger partial charge in [0.05, 0.1) is 12.8 Å². The van der Waals surface area contributed by atoms with Crippen molar-refractivity contribution in [1.82, 2.24) is 5.32 Å². The molecule has 1 aromatic heterocycles. The van der Waals surface area contributed by atoms with Crippen molar-refractivity contribution in [2.24, 2.45) is 0 Å². The predicted molar refractivity (Wildman–Crippen MR) is 77.4 cm³/mol. The first-order chi connectivity index (χ1) is 9.34. The first kappa shape index (κ1) is 12.3. The van der Waals surface area contributed by atoms with Gasteiger partial charge in [0.2, 0.25) is 0 Å². The molecule has 1 aliphatic rings. The molecule has 1 N–H and O–H groups in total. The van der Waals surface area contributed by atoms with Crippen LogP contribution in [0, 0.1) is 0 Å². The van der Waals surface area contributed by atoms with Crippen LogP contribution < -0.4 is 10.2 Å². The van der Waals surface area contributed by atoms with E-state index in [0.29, 0.717) is 6.04 Å². The Morgan fingerprint density at radius 2 is 2.16 bits per heavy atom. The van der Waals surface area contributed by atoms with Crippen molar-refractivity contribution in [3.05, 3.63) is 54.0 Å². The van der Waals surface area contributed by atoms with E-state index in [9.17, 15) is 0 Å². The van der Waals surface area contributed by atoms with Crippen molar-refractivity contribution in [1.29, 1.82) is 0 Å². The number of hydrogen-bond donors (Lipinski definition) is 1. The third kappa shape index (κ3) is 2.66. The third-order valence-corrected chi connectivity index (χ3v) is 3.77. The van der Waals surface area contributed by atoms with E-state index in [-0.39, 0.29) is 0 Å². The fourth-order valence-corrected chi connectivity index (χ4v) is 2.75. The van der Waals surface area contributed by atoms with Gasteiger partial charge in [0, 0.05) is 24.8 Å². The Hall–Kier alpha value is -1.74. The molecule has 2 aromatic rings. The van der Waals surface area contributed by atoms with E-state index in [1.807, 2.05) is 12.1 Å². The molecule has 0 bridgehead atoms. The highest BCUT2D eigenvalue weighted by Crippen LogP contribution is 2.28. The highest BCUT2D eigenvalue weighted by atomic mass is 16.3. The summed E-state index contributed by atoms with van der Waals surface area (Å²) in [4.78, 5) is 2.49. The Morgan fingerprint density at radius 3 is 3.00 bits per heavy atom. The minimum Gasteiger partial charge on any atom is -0.468 e. The normalized spacial score (nSPS) is 15.5. The molecule has 3 nitrogen and oxygen atoms in total. The Kier molecular flexibility index (Phi) is 3.56. The average molecular weight is 256 g/mol. The lowest BCUT2D eigenvalue weighted by molar-refractivity contribution is 0.471. The Bertz CT molecular complexity index is 521. The Morgan fingerprint density at radius 1 is 1.26 bits per heavy atom. The van der Waals surface area contributed by atoms with Crippen molar-refractivity contribution >= 4 is 5.69 Å². The summed E-state index contributed by atoms with van der Waals surface area (Å²) in [6, 6.07) is 13.1. The molecular formula is C16H20N2O. The molecule has 1 atom stereocenters. The number of furan rings is 1. The van der Waals surface area contributed by atoms with Gasteiger partial charge in [0.15, 0.2) is 0 Å². The van der Waals surface area contributed by atoms with E-state index in [2.05, 4.69) is 41.4 Å². The second kappa shape index (κ2) is 5.49. The summed E-state index contributed by atoms with van der Waals surface area (Å²) in [6.07, 6.45) is 2.88. The molecule has 0 amide bonds. The van der Waals surface area contributed by atoms with Gasteiger partial charge < -0.3 is 14.6 Å². The standard InChI is InChI=1S/C16H20N2O/c1-13(11-17-12-15-6-4-10-19-15)18-9-8-14-5-2-3-7-16(14)18/h2-7,10,13,17H,8-9,11-12H2,1H3. The highest BCUT2D eigenvalue weighted by molar-refractivity contribution is 5.58. The number of rotatable bonds is 5. The molecule has 100 valence electrons. The van der Waals surface area contributed by atoms with Crippen LogP contribution >= 0.6 is 0 Å². The third-order valence-electron chi connectivity index (χ3n) is 3.77. The zero-order valence-corrected chi connectivity index (χ0v) is 11.3. The first-order valence-electron chi connectivity index (χ1n) is 6.92. The van der Waals surface area contributed by atoms with Gasteiger partial charge in [-0.05, 0) is 37.1 Å². The molecule has 3 heteroatoms. The van der Waals surface area contributed by atoms with E-state index in [1.165, 1.54) is 17.7 Å². The molecule has 19 heavy (non-hydrogen) atoms. The number of para-hydroxylation sites is 1. The van der Waals surface area contributed by atoms with E-state index in [1.54, 1.807) is 6.26 Å². The van der Waals surface area contributed by atoms with Crippen molar-refractivity contribution < 1.29 is 4.42 Å². The molecule has 2 heterocycles. The summed E-state index contributed by atoms with van der Waals surface area (Å²) < 4.78 is 5.32. The van der Waals surface area contributed by atoms with Crippen LogP contribution in [-0.2, 0) is 13.0 Å². The second-order valence-corrected chi connectivity index (χ2v) is 5.13. The fraction of sp³-hybridized carbons (Fsp3) is 0.375. The smallest absolute Gasteiger partial charge is 0.117 e. The maximum absolute atomic E-state index is 5.32. The zero-order valence-electron chi connectivity index (χ0n) is 11.3. The number of hydrogen-bond acceptors (Lipinski definition) is 3. The Labute approximate surface area is 114 Å². The van der Waals surface area contributed by atoms with Gasteiger partial charge in [0.1, 0.15) is 5.76 Å². The molecule has 3 rings (SSSR count). The van der Waals surface area contributed by atoms with Crippen molar-refractivity contribution in [3.63, 3.8) is 0 Å². The number of benzene rings is 1.